The van der Waals surface area contributed by atoms with Gasteiger partial charge in [-0.3, -0.25) is 4.79 Å². The van der Waals surface area contributed by atoms with Gasteiger partial charge in [-0.25, -0.2) is 9.97 Å². The third-order valence-electron chi connectivity index (χ3n) is 4.86. The molecular formula is C18H27N5O2S. The number of hydrogen-bond acceptors (Lipinski definition) is 7. The maximum absolute atomic E-state index is 12.1. The van der Waals surface area contributed by atoms with Crippen molar-refractivity contribution in [1.29, 1.82) is 0 Å². The van der Waals surface area contributed by atoms with E-state index in [4.69, 9.17) is 15.5 Å². The number of fused-ring (bicyclic) bond motifs is 1. The van der Waals surface area contributed by atoms with Crippen molar-refractivity contribution in [1.82, 2.24) is 14.9 Å². The second-order valence-corrected chi connectivity index (χ2v) is 7.98. The SMILES string of the molecule is COCCN1C[C@H](CNc2nc(CCN)nc3sc(C)c(C)c23)CC1=O. The number of carbonyl (C=O) groups excluding carboxylic acids is 1. The average molecular weight is 378 g/mol. The van der Waals surface area contributed by atoms with E-state index in [9.17, 15) is 4.79 Å². The molecule has 0 radical (unpaired) electrons. The molecule has 1 aliphatic rings. The fraction of sp³-hybridized carbons (Fsp3) is 0.611. The van der Waals surface area contributed by atoms with Crippen LogP contribution in [0.5, 0.6) is 0 Å². The van der Waals surface area contributed by atoms with Crippen LogP contribution in [-0.4, -0.2) is 60.7 Å². The number of likely N-dealkylation sites (tertiary alicyclic amines) is 1. The molecule has 2 aromatic heterocycles. The number of aromatic nitrogens is 2. The summed E-state index contributed by atoms with van der Waals surface area (Å²) in [6.07, 6.45) is 1.23. The van der Waals surface area contributed by atoms with Gasteiger partial charge in [0.2, 0.25) is 5.91 Å². The maximum atomic E-state index is 12.1. The molecule has 26 heavy (non-hydrogen) atoms. The number of ether oxygens (including phenoxy) is 1. The summed E-state index contributed by atoms with van der Waals surface area (Å²) < 4.78 is 5.08. The number of methoxy groups -OCH3 is 1. The highest BCUT2D eigenvalue weighted by molar-refractivity contribution is 7.18. The Hall–Kier alpha value is -1.77. The van der Waals surface area contributed by atoms with Crippen molar-refractivity contribution < 1.29 is 9.53 Å². The molecule has 3 N–H and O–H groups in total. The summed E-state index contributed by atoms with van der Waals surface area (Å²) in [5.74, 6) is 2.12. The Bertz CT molecular complexity index is 791. The molecule has 0 bridgehead atoms. The highest BCUT2D eigenvalue weighted by Gasteiger charge is 2.29. The Labute approximate surface area is 157 Å². The Morgan fingerprint density at radius 3 is 2.92 bits per heavy atom. The zero-order valence-corrected chi connectivity index (χ0v) is 16.5. The summed E-state index contributed by atoms with van der Waals surface area (Å²) in [7, 11) is 1.66. The van der Waals surface area contributed by atoms with E-state index in [0.29, 0.717) is 32.5 Å². The Morgan fingerprint density at radius 2 is 2.19 bits per heavy atom. The number of nitrogens with one attached hydrogen (secondary N) is 1. The summed E-state index contributed by atoms with van der Waals surface area (Å²) in [4.78, 5) is 25.6. The van der Waals surface area contributed by atoms with E-state index in [1.165, 1.54) is 10.4 Å². The van der Waals surface area contributed by atoms with Gasteiger partial charge in [0.15, 0.2) is 0 Å². The highest BCUT2D eigenvalue weighted by Crippen LogP contribution is 2.33. The number of rotatable bonds is 8. The van der Waals surface area contributed by atoms with Crippen molar-refractivity contribution in [3.05, 3.63) is 16.3 Å². The van der Waals surface area contributed by atoms with E-state index in [2.05, 4.69) is 24.1 Å². The standard InChI is InChI=1S/C18H27N5O2S/c1-11-12(2)26-18-16(11)17(21-14(22-18)4-5-19)20-9-13-8-15(24)23(10-13)6-7-25-3/h13H,4-10,19H2,1-3H3,(H,20,21,22)/t13-/m0/s1. The molecule has 1 fully saturated rings. The summed E-state index contributed by atoms with van der Waals surface area (Å²) in [5.41, 5.74) is 6.90. The third kappa shape index (κ3) is 3.97. The minimum atomic E-state index is 0.202. The molecule has 142 valence electrons. The van der Waals surface area contributed by atoms with Crippen LogP contribution in [0.25, 0.3) is 10.2 Å². The Balaban J connectivity index is 1.75. The fourth-order valence-corrected chi connectivity index (χ4v) is 4.36. The Kier molecular flexibility index (Phi) is 6.05. The van der Waals surface area contributed by atoms with Crippen molar-refractivity contribution in [2.24, 2.45) is 11.7 Å². The van der Waals surface area contributed by atoms with Crippen LogP contribution in [0.15, 0.2) is 0 Å². The van der Waals surface area contributed by atoms with Gasteiger partial charge in [0.1, 0.15) is 16.5 Å². The first kappa shape index (κ1) is 19.0. The normalized spacial score (nSPS) is 17.5. The van der Waals surface area contributed by atoms with Crippen LogP contribution in [0.2, 0.25) is 0 Å². The molecule has 3 heterocycles. The maximum Gasteiger partial charge on any atom is 0.223 e. The molecule has 7 nitrogen and oxygen atoms in total. The predicted molar refractivity (Wildman–Crippen MR) is 105 cm³/mol. The molecule has 0 spiro atoms. The first-order chi connectivity index (χ1) is 12.5. The Morgan fingerprint density at radius 1 is 1.38 bits per heavy atom. The lowest BCUT2D eigenvalue weighted by molar-refractivity contribution is -0.128. The van der Waals surface area contributed by atoms with Gasteiger partial charge >= 0.3 is 0 Å². The fourth-order valence-electron chi connectivity index (χ4n) is 3.31. The van der Waals surface area contributed by atoms with Gasteiger partial charge in [-0.1, -0.05) is 0 Å². The molecule has 0 unspecified atom stereocenters. The molecule has 0 aromatic carbocycles. The van der Waals surface area contributed by atoms with E-state index < -0.39 is 0 Å². The molecule has 2 aromatic rings. The average Bonchev–Trinajstić information content (AvgIpc) is 3.11. The molecule has 1 amide bonds. The van der Waals surface area contributed by atoms with Crippen molar-refractivity contribution >= 4 is 33.3 Å². The lowest BCUT2D eigenvalue weighted by atomic mass is 10.1. The van der Waals surface area contributed by atoms with Gasteiger partial charge in [-0.15, -0.1) is 11.3 Å². The number of nitrogens with two attached hydrogens (primary N) is 1. The number of anilines is 1. The van der Waals surface area contributed by atoms with E-state index in [1.54, 1.807) is 18.4 Å². The van der Waals surface area contributed by atoms with Gasteiger partial charge in [-0.2, -0.15) is 0 Å². The lowest BCUT2D eigenvalue weighted by Crippen LogP contribution is -2.29. The van der Waals surface area contributed by atoms with E-state index >= 15 is 0 Å². The van der Waals surface area contributed by atoms with Crippen LogP contribution in [0.1, 0.15) is 22.7 Å². The summed E-state index contributed by atoms with van der Waals surface area (Å²) in [6, 6.07) is 0. The second-order valence-electron chi connectivity index (χ2n) is 6.77. The van der Waals surface area contributed by atoms with Gasteiger partial charge in [0.25, 0.3) is 0 Å². The first-order valence-corrected chi connectivity index (χ1v) is 9.82. The minimum Gasteiger partial charge on any atom is -0.383 e. The molecule has 1 saturated heterocycles. The predicted octanol–water partition coefficient (Wildman–Crippen LogP) is 1.72. The van der Waals surface area contributed by atoms with Crippen molar-refractivity contribution in [3.63, 3.8) is 0 Å². The zero-order chi connectivity index (χ0) is 18.7. The van der Waals surface area contributed by atoms with Gasteiger partial charge < -0.3 is 20.7 Å². The third-order valence-corrected chi connectivity index (χ3v) is 5.96. The van der Waals surface area contributed by atoms with Crippen molar-refractivity contribution in [2.45, 2.75) is 26.7 Å². The number of amides is 1. The lowest BCUT2D eigenvalue weighted by Gasteiger charge is -2.16. The molecule has 1 atom stereocenters. The van der Waals surface area contributed by atoms with Crippen LogP contribution in [0.3, 0.4) is 0 Å². The van der Waals surface area contributed by atoms with Crippen LogP contribution in [-0.2, 0) is 16.0 Å². The van der Waals surface area contributed by atoms with Gasteiger partial charge in [0.05, 0.1) is 12.0 Å². The topological polar surface area (TPSA) is 93.4 Å². The van der Waals surface area contributed by atoms with Crippen molar-refractivity contribution in [2.75, 3.05) is 45.2 Å². The number of hydrogen-bond donors (Lipinski definition) is 2. The minimum absolute atomic E-state index is 0.202. The second kappa shape index (κ2) is 8.28. The zero-order valence-electron chi connectivity index (χ0n) is 15.7. The van der Waals surface area contributed by atoms with E-state index in [0.717, 1.165) is 34.9 Å². The highest BCUT2D eigenvalue weighted by atomic mass is 32.1. The summed E-state index contributed by atoms with van der Waals surface area (Å²) >= 11 is 1.69. The number of nitrogens with zero attached hydrogens (tertiary/aromatic N) is 3. The first-order valence-electron chi connectivity index (χ1n) is 9.00. The van der Waals surface area contributed by atoms with E-state index in [-0.39, 0.29) is 11.8 Å². The number of thiophene rings is 1. The van der Waals surface area contributed by atoms with Crippen LogP contribution in [0.4, 0.5) is 5.82 Å². The van der Waals surface area contributed by atoms with Gasteiger partial charge in [0, 0.05) is 50.4 Å². The number of aryl methyl sites for hydroxylation is 2. The largest absolute Gasteiger partial charge is 0.383 e. The van der Waals surface area contributed by atoms with Crippen LogP contribution >= 0.6 is 11.3 Å². The van der Waals surface area contributed by atoms with Gasteiger partial charge in [-0.05, 0) is 26.0 Å². The molecule has 0 saturated carbocycles. The molecule has 0 aliphatic carbocycles. The smallest absolute Gasteiger partial charge is 0.223 e. The number of carbonyl (C=O) groups is 1. The summed E-state index contributed by atoms with van der Waals surface area (Å²) in [6.45, 7) is 7.47. The molecule has 1 aliphatic heterocycles. The molecule has 8 heteroatoms. The van der Waals surface area contributed by atoms with E-state index in [1.807, 2.05) is 4.90 Å². The van der Waals surface area contributed by atoms with Crippen LogP contribution in [0, 0.1) is 19.8 Å². The summed E-state index contributed by atoms with van der Waals surface area (Å²) in [5, 5.41) is 4.58. The monoisotopic (exact) mass is 377 g/mol. The van der Waals surface area contributed by atoms with Crippen LogP contribution < -0.4 is 11.1 Å². The molecular weight excluding hydrogens is 350 g/mol. The molecule has 3 rings (SSSR count). The quantitative estimate of drug-likeness (QED) is 0.727. The van der Waals surface area contributed by atoms with Crippen molar-refractivity contribution in [3.8, 4) is 0 Å².